The Bertz CT molecular complexity index is 562. The Morgan fingerprint density at radius 2 is 2.16 bits per heavy atom. The lowest BCUT2D eigenvalue weighted by molar-refractivity contribution is -0.121. The van der Waals surface area contributed by atoms with Crippen molar-refractivity contribution in [3.63, 3.8) is 0 Å². The van der Waals surface area contributed by atoms with Crippen LogP contribution >= 0.6 is 0 Å². The molecule has 1 saturated heterocycles. The van der Waals surface area contributed by atoms with E-state index in [9.17, 15) is 9.90 Å². The molecule has 1 amide bonds. The van der Waals surface area contributed by atoms with Crippen molar-refractivity contribution < 1.29 is 14.6 Å². The quantitative estimate of drug-likeness (QED) is 0.670. The smallest absolute Gasteiger partial charge is 0.243 e. The van der Waals surface area contributed by atoms with Crippen molar-refractivity contribution in [2.24, 2.45) is 0 Å². The van der Waals surface area contributed by atoms with E-state index in [4.69, 9.17) is 4.74 Å². The summed E-state index contributed by atoms with van der Waals surface area (Å²) >= 11 is 0. The van der Waals surface area contributed by atoms with Gasteiger partial charge in [-0.3, -0.25) is 9.69 Å². The van der Waals surface area contributed by atoms with E-state index >= 15 is 0 Å². The summed E-state index contributed by atoms with van der Waals surface area (Å²) < 4.78 is 5.61. The lowest BCUT2D eigenvalue weighted by Crippen LogP contribution is -2.63. The summed E-state index contributed by atoms with van der Waals surface area (Å²) in [5, 5.41) is 13.0. The number of rotatable bonds is 8. The standard InChI is InChI=1S/C19H29N3O3/c1-21(2)10-6-9-18(24)20-14-19(15-23)16-25-12-11-22(19)13-17-7-4-3-5-8-17/h3-9,23H,10-16H2,1-2H3,(H,20,24)/b9-6+. The molecule has 0 radical (unpaired) electrons. The Balaban J connectivity index is 1.99. The molecule has 1 aromatic rings. The average Bonchev–Trinajstić information content (AvgIpc) is 2.62. The first-order valence-corrected chi connectivity index (χ1v) is 8.62. The van der Waals surface area contributed by atoms with Gasteiger partial charge in [0.2, 0.25) is 5.91 Å². The second-order valence-corrected chi connectivity index (χ2v) is 6.72. The Morgan fingerprint density at radius 1 is 1.40 bits per heavy atom. The second kappa shape index (κ2) is 9.68. The van der Waals surface area contributed by atoms with Gasteiger partial charge in [0.05, 0.1) is 25.4 Å². The van der Waals surface area contributed by atoms with Crippen molar-refractivity contribution in [2.45, 2.75) is 12.1 Å². The minimum Gasteiger partial charge on any atom is -0.394 e. The molecule has 6 nitrogen and oxygen atoms in total. The number of hydrogen-bond donors (Lipinski definition) is 2. The van der Waals surface area contributed by atoms with Gasteiger partial charge in [-0.2, -0.15) is 0 Å². The Morgan fingerprint density at radius 3 is 2.84 bits per heavy atom. The van der Waals surface area contributed by atoms with Gasteiger partial charge >= 0.3 is 0 Å². The van der Waals surface area contributed by atoms with Crippen LogP contribution in [-0.2, 0) is 16.1 Å². The van der Waals surface area contributed by atoms with E-state index in [2.05, 4.69) is 22.3 Å². The highest BCUT2D eigenvalue weighted by Gasteiger charge is 2.39. The molecule has 0 bridgehead atoms. The number of morpholine rings is 1. The number of carbonyl (C=O) groups excluding carboxylic acids is 1. The van der Waals surface area contributed by atoms with E-state index in [0.717, 1.165) is 13.1 Å². The molecule has 1 fully saturated rings. The Kier molecular flexibility index (Phi) is 7.58. The van der Waals surface area contributed by atoms with Gasteiger partial charge < -0.3 is 20.1 Å². The minimum atomic E-state index is -0.598. The molecule has 1 aliphatic heterocycles. The predicted octanol–water partition coefficient (Wildman–Crippen LogP) is 0.484. The van der Waals surface area contributed by atoms with Crippen molar-refractivity contribution >= 4 is 5.91 Å². The van der Waals surface area contributed by atoms with Crippen LogP contribution in [0.5, 0.6) is 0 Å². The normalized spacial score (nSPS) is 21.8. The molecule has 1 aromatic carbocycles. The number of hydrogen-bond acceptors (Lipinski definition) is 5. The topological polar surface area (TPSA) is 65.0 Å². The summed E-state index contributed by atoms with van der Waals surface area (Å²) in [5.41, 5.74) is 0.582. The predicted molar refractivity (Wildman–Crippen MR) is 98.2 cm³/mol. The molecule has 1 aliphatic rings. The fourth-order valence-corrected chi connectivity index (χ4v) is 2.86. The van der Waals surface area contributed by atoms with E-state index in [-0.39, 0.29) is 12.5 Å². The summed E-state index contributed by atoms with van der Waals surface area (Å²) in [5.74, 6) is -0.153. The number of ether oxygens (including phenoxy) is 1. The molecule has 1 heterocycles. The van der Waals surface area contributed by atoms with Crippen LogP contribution in [0.3, 0.4) is 0 Å². The Labute approximate surface area is 150 Å². The fourth-order valence-electron chi connectivity index (χ4n) is 2.86. The van der Waals surface area contributed by atoms with Gasteiger partial charge in [-0.25, -0.2) is 0 Å². The van der Waals surface area contributed by atoms with E-state index in [0.29, 0.717) is 26.3 Å². The van der Waals surface area contributed by atoms with E-state index < -0.39 is 5.54 Å². The van der Waals surface area contributed by atoms with Crippen molar-refractivity contribution in [3.8, 4) is 0 Å². The summed E-state index contributed by atoms with van der Waals surface area (Å²) in [4.78, 5) is 16.2. The summed E-state index contributed by atoms with van der Waals surface area (Å²) in [7, 11) is 3.90. The van der Waals surface area contributed by atoms with Gasteiger partial charge in [0.1, 0.15) is 0 Å². The maximum absolute atomic E-state index is 12.0. The van der Waals surface area contributed by atoms with Gasteiger partial charge in [0.25, 0.3) is 0 Å². The molecular weight excluding hydrogens is 318 g/mol. The fraction of sp³-hybridized carbons (Fsp3) is 0.526. The van der Waals surface area contributed by atoms with Crippen LogP contribution in [0.15, 0.2) is 42.5 Å². The van der Waals surface area contributed by atoms with Gasteiger partial charge in [0, 0.05) is 32.3 Å². The highest BCUT2D eigenvalue weighted by Crippen LogP contribution is 2.22. The third kappa shape index (κ3) is 5.93. The molecule has 1 unspecified atom stereocenters. The van der Waals surface area contributed by atoms with Crippen molar-refractivity contribution in [3.05, 3.63) is 48.0 Å². The number of benzene rings is 1. The van der Waals surface area contributed by atoms with Crippen molar-refractivity contribution in [1.82, 2.24) is 15.1 Å². The zero-order chi connectivity index (χ0) is 18.1. The van der Waals surface area contributed by atoms with Gasteiger partial charge in [-0.15, -0.1) is 0 Å². The molecule has 0 spiro atoms. The van der Waals surface area contributed by atoms with Crippen molar-refractivity contribution in [1.29, 1.82) is 0 Å². The molecular formula is C19H29N3O3. The number of amides is 1. The largest absolute Gasteiger partial charge is 0.394 e. The number of carbonyl (C=O) groups is 1. The maximum atomic E-state index is 12.0. The van der Waals surface area contributed by atoms with Crippen LogP contribution in [0, 0.1) is 0 Å². The van der Waals surface area contributed by atoms with Gasteiger partial charge in [-0.05, 0) is 19.7 Å². The highest BCUT2D eigenvalue weighted by molar-refractivity contribution is 5.87. The molecule has 138 valence electrons. The number of aliphatic hydroxyl groups excluding tert-OH is 1. The van der Waals surface area contributed by atoms with Crippen LogP contribution in [0.1, 0.15) is 5.56 Å². The molecule has 2 N–H and O–H groups in total. The lowest BCUT2D eigenvalue weighted by atomic mass is 9.96. The van der Waals surface area contributed by atoms with E-state index in [1.807, 2.05) is 43.3 Å². The van der Waals surface area contributed by atoms with E-state index in [1.165, 1.54) is 11.6 Å². The zero-order valence-corrected chi connectivity index (χ0v) is 15.1. The van der Waals surface area contributed by atoms with Crippen LogP contribution in [-0.4, -0.2) is 79.9 Å². The summed E-state index contributed by atoms with van der Waals surface area (Å²) in [6, 6.07) is 10.1. The van der Waals surface area contributed by atoms with Crippen LogP contribution in [0.25, 0.3) is 0 Å². The maximum Gasteiger partial charge on any atom is 0.243 e. The lowest BCUT2D eigenvalue weighted by Gasteiger charge is -2.45. The first kappa shape index (κ1) is 19.6. The molecule has 2 rings (SSSR count). The van der Waals surface area contributed by atoms with Gasteiger partial charge in [0.15, 0.2) is 0 Å². The molecule has 6 heteroatoms. The number of likely N-dealkylation sites (N-methyl/N-ethyl adjacent to an activating group) is 1. The number of aliphatic hydroxyl groups is 1. The average molecular weight is 347 g/mol. The molecule has 25 heavy (non-hydrogen) atoms. The van der Waals surface area contributed by atoms with Crippen LogP contribution in [0.4, 0.5) is 0 Å². The zero-order valence-electron chi connectivity index (χ0n) is 15.1. The van der Waals surface area contributed by atoms with Crippen LogP contribution < -0.4 is 5.32 Å². The number of nitrogens with one attached hydrogen (secondary N) is 1. The Hall–Kier alpha value is -1.73. The molecule has 1 atom stereocenters. The molecule has 0 aromatic heterocycles. The third-order valence-electron chi connectivity index (χ3n) is 4.39. The SMILES string of the molecule is CN(C)C/C=C/C(=O)NCC1(CO)COCCN1Cc1ccccc1. The minimum absolute atomic E-state index is 0.0679. The van der Waals surface area contributed by atoms with Crippen LogP contribution in [0.2, 0.25) is 0 Å². The third-order valence-corrected chi connectivity index (χ3v) is 4.39. The second-order valence-electron chi connectivity index (χ2n) is 6.72. The van der Waals surface area contributed by atoms with E-state index in [1.54, 1.807) is 0 Å². The first-order chi connectivity index (χ1) is 12.1. The summed E-state index contributed by atoms with van der Waals surface area (Å²) in [6.07, 6.45) is 3.36. The molecule has 0 aliphatic carbocycles. The first-order valence-electron chi connectivity index (χ1n) is 8.62. The van der Waals surface area contributed by atoms with Crippen molar-refractivity contribution in [2.75, 3.05) is 53.6 Å². The molecule has 0 saturated carbocycles. The number of nitrogens with zero attached hydrogens (tertiary/aromatic N) is 2. The monoisotopic (exact) mass is 347 g/mol. The highest BCUT2D eigenvalue weighted by atomic mass is 16.5. The van der Waals surface area contributed by atoms with Gasteiger partial charge in [-0.1, -0.05) is 36.4 Å². The summed E-state index contributed by atoms with van der Waals surface area (Å²) in [6.45, 7) is 3.47.